The molecule has 2 aromatic rings. The predicted octanol–water partition coefficient (Wildman–Crippen LogP) is 5.49. The Hall–Kier alpha value is -2.44. The van der Waals surface area contributed by atoms with Crippen LogP contribution in [0.15, 0.2) is 41.5 Å². The summed E-state index contributed by atoms with van der Waals surface area (Å²) in [5, 5.41) is 4.76. The zero-order valence-corrected chi connectivity index (χ0v) is 18.6. The highest BCUT2D eigenvalue weighted by Gasteiger charge is 2.07. The molecule has 2 rings (SSSR count). The van der Waals surface area contributed by atoms with Crippen LogP contribution in [0.5, 0.6) is 17.2 Å². The van der Waals surface area contributed by atoms with Gasteiger partial charge in [-0.25, -0.2) is 5.43 Å². The Morgan fingerprint density at radius 1 is 1.03 bits per heavy atom. The van der Waals surface area contributed by atoms with E-state index in [1.165, 1.54) is 19.1 Å². The lowest BCUT2D eigenvalue weighted by Crippen LogP contribution is -2.24. The van der Waals surface area contributed by atoms with Gasteiger partial charge in [-0.05, 0) is 48.4 Å². The Morgan fingerprint density at radius 3 is 2.57 bits per heavy atom. The van der Waals surface area contributed by atoms with Crippen molar-refractivity contribution in [1.29, 1.82) is 0 Å². The standard InChI is InChI=1S/C22H26Cl2N2O4/c1-3-4-5-6-11-29-20-9-7-16(12-21(20)28-2)14-25-26-22(27)15-30-19-10-8-17(23)13-18(19)24/h7-10,12-14H,3-6,11,15H2,1-2H3,(H,26,27)/b25-14+. The van der Waals surface area contributed by atoms with Gasteiger partial charge in [0.1, 0.15) is 5.75 Å². The topological polar surface area (TPSA) is 69.2 Å². The average Bonchev–Trinajstić information content (AvgIpc) is 2.73. The first-order valence-electron chi connectivity index (χ1n) is 9.74. The molecule has 0 aliphatic rings. The number of carbonyl (C=O) groups excluding carboxylic acids is 1. The van der Waals surface area contributed by atoms with Gasteiger partial charge in [0.25, 0.3) is 5.91 Å². The van der Waals surface area contributed by atoms with E-state index >= 15 is 0 Å². The fraction of sp³-hybridized carbons (Fsp3) is 0.364. The van der Waals surface area contributed by atoms with E-state index in [2.05, 4.69) is 17.5 Å². The highest BCUT2D eigenvalue weighted by atomic mass is 35.5. The van der Waals surface area contributed by atoms with Crippen LogP contribution in [0.2, 0.25) is 10.0 Å². The lowest BCUT2D eigenvalue weighted by Gasteiger charge is -2.11. The Bertz CT molecular complexity index is 859. The summed E-state index contributed by atoms with van der Waals surface area (Å²) in [6.07, 6.45) is 6.07. The third-order valence-electron chi connectivity index (χ3n) is 4.10. The molecule has 0 unspecified atom stereocenters. The Balaban J connectivity index is 1.82. The van der Waals surface area contributed by atoms with E-state index in [4.69, 9.17) is 37.4 Å². The molecule has 8 heteroatoms. The monoisotopic (exact) mass is 452 g/mol. The van der Waals surface area contributed by atoms with Crippen LogP contribution < -0.4 is 19.6 Å². The highest BCUT2D eigenvalue weighted by Crippen LogP contribution is 2.28. The number of nitrogens with zero attached hydrogens (tertiary/aromatic N) is 1. The van der Waals surface area contributed by atoms with Crippen LogP contribution in [0.4, 0.5) is 0 Å². The summed E-state index contributed by atoms with van der Waals surface area (Å²) in [5.41, 5.74) is 3.16. The van der Waals surface area contributed by atoms with Crippen molar-refractivity contribution in [1.82, 2.24) is 5.43 Å². The summed E-state index contributed by atoms with van der Waals surface area (Å²) < 4.78 is 16.5. The summed E-state index contributed by atoms with van der Waals surface area (Å²) >= 11 is 11.8. The maximum absolute atomic E-state index is 11.9. The number of ether oxygens (including phenoxy) is 3. The fourth-order valence-electron chi connectivity index (χ4n) is 2.54. The summed E-state index contributed by atoms with van der Waals surface area (Å²) in [4.78, 5) is 11.9. The van der Waals surface area contributed by atoms with Crippen molar-refractivity contribution in [3.05, 3.63) is 52.0 Å². The van der Waals surface area contributed by atoms with E-state index < -0.39 is 5.91 Å². The molecular formula is C22H26Cl2N2O4. The smallest absolute Gasteiger partial charge is 0.277 e. The third kappa shape index (κ3) is 8.13. The average molecular weight is 453 g/mol. The van der Waals surface area contributed by atoms with Gasteiger partial charge in [-0.2, -0.15) is 5.10 Å². The molecule has 30 heavy (non-hydrogen) atoms. The summed E-state index contributed by atoms with van der Waals surface area (Å²) in [5.74, 6) is 1.25. The second kappa shape index (κ2) is 13.0. The number of hydrazone groups is 1. The number of hydrogen-bond donors (Lipinski definition) is 1. The van der Waals surface area contributed by atoms with Gasteiger partial charge >= 0.3 is 0 Å². The molecule has 0 saturated heterocycles. The highest BCUT2D eigenvalue weighted by molar-refractivity contribution is 6.35. The number of unbranched alkanes of at least 4 members (excludes halogenated alkanes) is 3. The molecule has 0 saturated carbocycles. The Labute approximate surface area is 187 Å². The van der Waals surface area contributed by atoms with Crippen molar-refractivity contribution in [3.8, 4) is 17.2 Å². The van der Waals surface area contributed by atoms with E-state index in [9.17, 15) is 4.79 Å². The molecule has 0 spiro atoms. The van der Waals surface area contributed by atoms with Crippen molar-refractivity contribution in [2.75, 3.05) is 20.3 Å². The molecule has 1 amide bonds. The number of halogens is 2. The number of hydrogen-bond acceptors (Lipinski definition) is 5. The van der Waals surface area contributed by atoms with Crippen LogP contribution in [-0.2, 0) is 4.79 Å². The van der Waals surface area contributed by atoms with Crippen molar-refractivity contribution >= 4 is 35.3 Å². The van der Waals surface area contributed by atoms with E-state index in [1.54, 1.807) is 31.4 Å². The van der Waals surface area contributed by atoms with Gasteiger partial charge in [0.15, 0.2) is 18.1 Å². The molecule has 0 bridgehead atoms. The molecule has 0 aliphatic heterocycles. The predicted molar refractivity (Wildman–Crippen MR) is 120 cm³/mol. The SMILES string of the molecule is CCCCCCOc1ccc(/C=N/NC(=O)COc2ccc(Cl)cc2Cl)cc1OC. The first-order chi connectivity index (χ1) is 14.5. The van der Waals surface area contributed by atoms with Gasteiger partial charge in [-0.1, -0.05) is 49.4 Å². The van der Waals surface area contributed by atoms with Gasteiger partial charge < -0.3 is 14.2 Å². The van der Waals surface area contributed by atoms with E-state index in [0.29, 0.717) is 33.9 Å². The van der Waals surface area contributed by atoms with Crippen molar-refractivity contribution in [3.63, 3.8) is 0 Å². The quantitative estimate of drug-likeness (QED) is 0.262. The lowest BCUT2D eigenvalue weighted by atomic mass is 10.2. The van der Waals surface area contributed by atoms with Crippen LogP contribution in [-0.4, -0.2) is 32.4 Å². The molecule has 0 radical (unpaired) electrons. The first-order valence-corrected chi connectivity index (χ1v) is 10.5. The molecule has 0 atom stereocenters. The fourth-order valence-corrected chi connectivity index (χ4v) is 3.00. The van der Waals surface area contributed by atoms with Gasteiger partial charge in [-0.3, -0.25) is 4.79 Å². The zero-order valence-electron chi connectivity index (χ0n) is 17.1. The van der Waals surface area contributed by atoms with Gasteiger partial charge in [-0.15, -0.1) is 0 Å². The maximum atomic E-state index is 11.9. The number of nitrogens with one attached hydrogen (secondary N) is 1. The summed E-state index contributed by atoms with van der Waals surface area (Å²) in [6, 6.07) is 10.2. The number of amides is 1. The minimum Gasteiger partial charge on any atom is -0.493 e. The molecule has 0 aromatic heterocycles. The molecule has 162 valence electrons. The molecular weight excluding hydrogens is 427 g/mol. The van der Waals surface area contributed by atoms with E-state index in [1.807, 2.05) is 12.1 Å². The number of methoxy groups -OCH3 is 1. The van der Waals surface area contributed by atoms with Crippen LogP contribution in [0.3, 0.4) is 0 Å². The maximum Gasteiger partial charge on any atom is 0.277 e. The molecule has 1 N–H and O–H groups in total. The minimum absolute atomic E-state index is 0.229. The minimum atomic E-state index is -0.420. The van der Waals surface area contributed by atoms with Gasteiger partial charge in [0.05, 0.1) is 25.0 Å². The van der Waals surface area contributed by atoms with Crippen LogP contribution in [0.1, 0.15) is 38.2 Å². The second-order valence-corrected chi connectivity index (χ2v) is 7.32. The Morgan fingerprint density at radius 2 is 1.83 bits per heavy atom. The van der Waals surface area contributed by atoms with Crippen molar-refractivity contribution in [2.24, 2.45) is 5.10 Å². The zero-order chi connectivity index (χ0) is 21.8. The molecule has 0 aliphatic carbocycles. The molecule has 2 aromatic carbocycles. The third-order valence-corrected chi connectivity index (χ3v) is 4.63. The normalized spacial score (nSPS) is 10.8. The van der Waals surface area contributed by atoms with Crippen LogP contribution in [0.25, 0.3) is 0 Å². The first kappa shape index (κ1) is 23.8. The van der Waals surface area contributed by atoms with Gasteiger partial charge in [0.2, 0.25) is 0 Å². The number of rotatable bonds is 12. The largest absolute Gasteiger partial charge is 0.493 e. The molecule has 6 nitrogen and oxygen atoms in total. The van der Waals surface area contributed by atoms with Crippen molar-refractivity contribution in [2.45, 2.75) is 32.6 Å². The molecule has 0 heterocycles. The summed E-state index contributed by atoms with van der Waals surface area (Å²) in [7, 11) is 1.58. The van der Waals surface area contributed by atoms with E-state index in [-0.39, 0.29) is 6.61 Å². The van der Waals surface area contributed by atoms with Crippen LogP contribution >= 0.6 is 23.2 Å². The number of carbonyl (C=O) groups is 1. The van der Waals surface area contributed by atoms with Gasteiger partial charge in [0, 0.05) is 5.02 Å². The number of benzene rings is 2. The molecule has 0 fully saturated rings. The summed E-state index contributed by atoms with van der Waals surface area (Å²) in [6.45, 7) is 2.60. The lowest BCUT2D eigenvalue weighted by molar-refractivity contribution is -0.123. The van der Waals surface area contributed by atoms with Crippen LogP contribution in [0, 0.1) is 0 Å². The second-order valence-electron chi connectivity index (χ2n) is 6.48. The Kier molecular flexibility index (Phi) is 10.3. The van der Waals surface area contributed by atoms with E-state index in [0.717, 1.165) is 18.4 Å². The van der Waals surface area contributed by atoms with Crippen molar-refractivity contribution < 1.29 is 19.0 Å².